The van der Waals surface area contributed by atoms with Crippen LogP contribution in [0.1, 0.15) is 42.0 Å². The zero-order chi connectivity index (χ0) is 22.2. The van der Waals surface area contributed by atoms with Gasteiger partial charge in [0.1, 0.15) is 12.4 Å². The van der Waals surface area contributed by atoms with Crippen LogP contribution < -0.4 is 10.1 Å². The van der Waals surface area contributed by atoms with Gasteiger partial charge in [-0.1, -0.05) is 72.8 Å². The van der Waals surface area contributed by atoms with Gasteiger partial charge in [-0.15, -0.1) is 0 Å². The van der Waals surface area contributed by atoms with Crippen molar-refractivity contribution < 1.29 is 9.53 Å². The van der Waals surface area contributed by atoms with Gasteiger partial charge in [0, 0.05) is 23.2 Å². The molecule has 1 aliphatic carbocycles. The lowest BCUT2D eigenvalue weighted by atomic mass is 9.77. The van der Waals surface area contributed by atoms with Crippen LogP contribution in [-0.4, -0.2) is 5.78 Å². The molecule has 3 nitrogen and oxygen atoms in total. The van der Waals surface area contributed by atoms with Crippen molar-refractivity contribution in [2.24, 2.45) is 0 Å². The largest absolute Gasteiger partial charge is 0.489 e. The van der Waals surface area contributed by atoms with Crippen LogP contribution in [0.4, 0.5) is 5.69 Å². The molecule has 1 unspecified atom stereocenters. The van der Waals surface area contributed by atoms with E-state index in [2.05, 4.69) is 66.0 Å². The number of Topliss-reactive ketones (excluding diaryl/α,β-unsaturated/α-hetero) is 1. The van der Waals surface area contributed by atoms with E-state index in [0.717, 1.165) is 41.0 Å². The summed E-state index contributed by atoms with van der Waals surface area (Å²) in [4.78, 5) is 13.2. The molecule has 0 spiro atoms. The summed E-state index contributed by atoms with van der Waals surface area (Å²) in [5.74, 6) is 1.09. The second-order valence-electron chi connectivity index (χ2n) is 8.80. The molecule has 1 N–H and O–H groups in total. The van der Waals surface area contributed by atoms with Gasteiger partial charge in [0.25, 0.3) is 0 Å². The highest BCUT2D eigenvalue weighted by Crippen LogP contribution is 2.48. The Morgan fingerprint density at radius 3 is 2.45 bits per heavy atom. The average molecular weight is 432 g/mol. The normalized spacial score (nSPS) is 17.3. The summed E-state index contributed by atoms with van der Waals surface area (Å²) in [5.41, 5.74) is 6.69. The molecule has 0 saturated heterocycles. The van der Waals surface area contributed by atoms with Gasteiger partial charge in [0.15, 0.2) is 5.78 Å². The molecule has 4 aromatic rings. The van der Waals surface area contributed by atoms with E-state index < -0.39 is 0 Å². The van der Waals surface area contributed by atoms with Crippen LogP contribution in [-0.2, 0) is 11.4 Å². The number of ketones is 1. The maximum absolute atomic E-state index is 13.2. The fourth-order valence-corrected chi connectivity index (χ4v) is 5.15. The quantitative estimate of drug-likeness (QED) is 0.375. The molecular weight excluding hydrogens is 406 g/mol. The number of allylic oxidation sites excluding steroid dienone is 1. The minimum Gasteiger partial charge on any atom is -0.489 e. The van der Waals surface area contributed by atoms with Crippen LogP contribution in [0.3, 0.4) is 0 Å². The standard InChI is InChI=1S/C30H25NO2/c32-27-12-6-11-25-28-24-10-5-4-9-21(24)15-18-26(28)31-30(29(25)27)22-13-16-23(17-14-22)33-19-20-7-2-1-3-8-20/h1-5,7-10,13-18,30-31H,6,11-12,19H2. The van der Waals surface area contributed by atoms with Gasteiger partial charge in [-0.25, -0.2) is 0 Å². The molecule has 0 radical (unpaired) electrons. The number of carbonyl (C=O) groups excluding carboxylic acids is 1. The van der Waals surface area contributed by atoms with Crippen molar-refractivity contribution in [3.63, 3.8) is 0 Å². The van der Waals surface area contributed by atoms with Crippen molar-refractivity contribution in [1.29, 1.82) is 0 Å². The molecule has 4 aromatic carbocycles. The van der Waals surface area contributed by atoms with Gasteiger partial charge >= 0.3 is 0 Å². The van der Waals surface area contributed by atoms with Crippen molar-refractivity contribution in [1.82, 2.24) is 0 Å². The van der Waals surface area contributed by atoms with Gasteiger partial charge in [0.05, 0.1) is 6.04 Å². The second kappa shape index (κ2) is 8.25. The molecule has 162 valence electrons. The lowest BCUT2D eigenvalue weighted by Gasteiger charge is -2.35. The van der Waals surface area contributed by atoms with Crippen molar-refractivity contribution >= 4 is 27.8 Å². The summed E-state index contributed by atoms with van der Waals surface area (Å²) in [7, 11) is 0. The maximum atomic E-state index is 13.2. The van der Waals surface area contributed by atoms with Crippen molar-refractivity contribution in [3.05, 3.63) is 113 Å². The van der Waals surface area contributed by atoms with Crippen LogP contribution in [0.25, 0.3) is 16.3 Å². The highest BCUT2D eigenvalue weighted by Gasteiger charge is 2.34. The average Bonchev–Trinajstić information content (AvgIpc) is 2.88. The SMILES string of the molecule is O=C1CCCC2=C1C(c1ccc(OCc3ccccc3)cc1)Nc1ccc3ccccc3c12. The van der Waals surface area contributed by atoms with Crippen LogP contribution in [0.5, 0.6) is 5.75 Å². The lowest BCUT2D eigenvalue weighted by Crippen LogP contribution is -2.27. The third kappa shape index (κ3) is 3.60. The van der Waals surface area contributed by atoms with E-state index >= 15 is 0 Å². The molecule has 2 aliphatic rings. The first-order valence-electron chi connectivity index (χ1n) is 11.6. The van der Waals surface area contributed by atoms with Crippen LogP contribution >= 0.6 is 0 Å². The minimum absolute atomic E-state index is 0.135. The number of carbonyl (C=O) groups is 1. The third-order valence-corrected chi connectivity index (χ3v) is 6.74. The number of nitrogens with one attached hydrogen (secondary N) is 1. The molecule has 0 amide bonds. The van der Waals surface area contributed by atoms with Crippen molar-refractivity contribution in [2.75, 3.05) is 5.32 Å². The molecule has 3 heteroatoms. The Morgan fingerprint density at radius 1 is 0.818 bits per heavy atom. The van der Waals surface area contributed by atoms with E-state index in [9.17, 15) is 4.79 Å². The fraction of sp³-hybridized carbons (Fsp3) is 0.167. The first-order chi connectivity index (χ1) is 16.3. The molecule has 1 aliphatic heterocycles. The molecule has 0 saturated carbocycles. The third-order valence-electron chi connectivity index (χ3n) is 6.74. The molecule has 33 heavy (non-hydrogen) atoms. The number of anilines is 1. The van der Waals surface area contributed by atoms with E-state index in [-0.39, 0.29) is 11.8 Å². The van der Waals surface area contributed by atoms with Gasteiger partial charge in [-0.05, 0) is 58.5 Å². The smallest absolute Gasteiger partial charge is 0.161 e. The van der Waals surface area contributed by atoms with Gasteiger partial charge in [-0.2, -0.15) is 0 Å². The predicted octanol–water partition coefficient (Wildman–Crippen LogP) is 7.09. The number of ether oxygens (including phenoxy) is 1. The highest BCUT2D eigenvalue weighted by atomic mass is 16.5. The summed E-state index contributed by atoms with van der Waals surface area (Å²) in [6, 6.07) is 31.0. The Kier molecular flexibility index (Phi) is 4.95. The first kappa shape index (κ1) is 19.8. The molecular formula is C30H25NO2. The molecule has 1 heterocycles. The number of fused-ring (bicyclic) bond motifs is 4. The van der Waals surface area contributed by atoms with Crippen molar-refractivity contribution in [3.8, 4) is 5.75 Å². The number of hydrogen-bond acceptors (Lipinski definition) is 3. The van der Waals surface area contributed by atoms with Crippen LogP contribution in [0.2, 0.25) is 0 Å². The topological polar surface area (TPSA) is 38.3 Å². The lowest BCUT2D eigenvalue weighted by molar-refractivity contribution is -0.116. The Hall–Kier alpha value is -3.85. The molecule has 6 rings (SSSR count). The highest BCUT2D eigenvalue weighted by molar-refractivity contribution is 6.12. The van der Waals surface area contributed by atoms with Crippen LogP contribution in [0, 0.1) is 0 Å². The monoisotopic (exact) mass is 431 g/mol. The number of benzene rings is 4. The Balaban J connectivity index is 1.36. The van der Waals surface area contributed by atoms with Crippen molar-refractivity contribution in [2.45, 2.75) is 31.9 Å². The summed E-state index contributed by atoms with van der Waals surface area (Å²) >= 11 is 0. The van der Waals surface area contributed by atoms with Crippen LogP contribution in [0.15, 0.2) is 96.6 Å². The van der Waals surface area contributed by atoms with Gasteiger partial charge < -0.3 is 10.1 Å². The molecule has 0 aromatic heterocycles. The van der Waals surface area contributed by atoms with E-state index in [1.165, 1.54) is 21.9 Å². The number of hydrogen-bond donors (Lipinski definition) is 1. The molecule has 0 fully saturated rings. The Morgan fingerprint density at radius 2 is 1.61 bits per heavy atom. The van der Waals surface area contributed by atoms with E-state index in [0.29, 0.717) is 13.0 Å². The summed E-state index contributed by atoms with van der Waals surface area (Å²) in [5, 5.41) is 6.12. The van der Waals surface area contributed by atoms with E-state index in [1.807, 2.05) is 30.3 Å². The van der Waals surface area contributed by atoms with Gasteiger partial charge in [0.2, 0.25) is 0 Å². The zero-order valence-electron chi connectivity index (χ0n) is 18.4. The molecule has 1 atom stereocenters. The first-order valence-corrected chi connectivity index (χ1v) is 11.6. The Bertz CT molecular complexity index is 1370. The number of rotatable bonds is 4. The summed E-state index contributed by atoms with van der Waals surface area (Å²) < 4.78 is 5.97. The van der Waals surface area contributed by atoms with E-state index in [1.54, 1.807) is 0 Å². The zero-order valence-corrected chi connectivity index (χ0v) is 18.4. The summed E-state index contributed by atoms with van der Waals surface area (Å²) in [6.45, 7) is 0.538. The Labute approximate surface area is 193 Å². The molecule has 0 bridgehead atoms. The van der Waals surface area contributed by atoms with E-state index in [4.69, 9.17) is 4.74 Å². The van der Waals surface area contributed by atoms with Gasteiger partial charge in [-0.3, -0.25) is 4.79 Å². The predicted molar refractivity (Wildman–Crippen MR) is 133 cm³/mol. The fourth-order valence-electron chi connectivity index (χ4n) is 5.15. The summed E-state index contributed by atoms with van der Waals surface area (Å²) in [6.07, 6.45) is 2.48. The minimum atomic E-state index is -0.135. The maximum Gasteiger partial charge on any atom is 0.161 e. The second-order valence-corrected chi connectivity index (χ2v) is 8.80.